The second-order valence-electron chi connectivity index (χ2n) is 4.40. The maximum Gasteiger partial charge on any atom is 0.0926 e. The van der Waals surface area contributed by atoms with Crippen LogP contribution in [0.25, 0.3) is 0 Å². The van der Waals surface area contributed by atoms with E-state index in [-0.39, 0.29) is 11.6 Å². The van der Waals surface area contributed by atoms with Crippen LogP contribution in [0.3, 0.4) is 0 Å². The summed E-state index contributed by atoms with van der Waals surface area (Å²) in [6.45, 7) is 4.07. The monoisotopic (exact) mass is 183 g/mol. The maximum atomic E-state index is 10.1. The van der Waals surface area contributed by atoms with Gasteiger partial charge < -0.3 is 10.4 Å². The van der Waals surface area contributed by atoms with Gasteiger partial charge in [0.2, 0.25) is 0 Å². The maximum absolute atomic E-state index is 10.1. The Morgan fingerprint density at radius 1 is 1.46 bits per heavy atom. The number of aliphatic hydroxyl groups is 1. The molecule has 2 N–H and O–H groups in total. The van der Waals surface area contributed by atoms with E-state index in [2.05, 4.69) is 11.4 Å². The zero-order valence-corrected chi connectivity index (χ0v) is 8.93. The van der Waals surface area contributed by atoms with Crippen molar-refractivity contribution in [2.45, 2.75) is 51.2 Å². The van der Waals surface area contributed by atoms with Crippen LogP contribution in [0.2, 0.25) is 0 Å². The summed E-state index contributed by atoms with van der Waals surface area (Å²) in [7, 11) is 1.90. The first-order chi connectivity index (χ1) is 6.08. The standard InChI is InChI=1S/C11H21NO/c1-11(2,12-3)10(13)9-7-5-4-6-8-9/h7,10,12-13H,4-6,8H2,1-3H3. The highest BCUT2D eigenvalue weighted by atomic mass is 16.3. The van der Waals surface area contributed by atoms with E-state index in [9.17, 15) is 5.11 Å². The molecule has 0 bridgehead atoms. The van der Waals surface area contributed by atoms with Crippen molar-refractivity contribution in [2.75, 3.05) is 7.05 Å². The largest absolute Gasteiger partial charge is 0.387 e. The number of rotatable bonds is 3. The third kappa shape index (κ3) is 2.55. The predicted octanol–water partition coefficient (Wildman–Crippen LogP) is 1.85. The Balaban J connectivity index is 2.65. The fourth-order valence-corrected chi connectivity index (χ4v) is 1.71. The average Bonchev–Trinajstić information content (AvgIpc) is 2.18. The first-order valence-electron chi connectivity index (χ1n) is 5.14. The lowest BCUT2D eigenvalue weighted by atomic mass is 9.85. The van der Waals surface area contributed by atoms with Crippen LogP contribution in [0.15, 0.2) is 11.6 Å². The van der Waals surface area contributed by atoms with E-state index in [1.165, 1.54) is 18.4 Å². The van der Waals surface area contributed by atoms with Crippen molar-refractivity contribution in [1.29, 1.82) is 0 Å². The van der Waals surface area contributed by atoms with Crippen molar-refractivity contribution in [2.24, 2.45) is 0 Å². The van der Waals surface area contributed by atoms with Crippen LogP contribution in [-0.2, 0) is 0 Å². The molecule has 0 spiro atoms. The molecule has 1 unspecified atom stereocenters. The minimum atomic E-state index is -0.335. The van der Waals surface area contributed by atoms with Crippen molar-refractivity contribution in [1.82, 2.24) is 5.32 Å². The fourth-order valence-electron chi connectivity index (χ4n) is 1.71. The first-order valence-corrected chi connectivity index (χ1v) is 5.14. The summed E-state index contributed by atoms with van der Waals surface area (Å²) in [5, 5.41) is 13.2. The molecular formula is C11H21NO. The molecule has 0 heterocycles. The summed E-state index contributed by atoms with van der Waals surface area (Å²) in [4.78, 5) is 0. The Labute approximate surface area is 81.0 Å². The van der Waals surface area contributed by atoms with Gasteiger partial charge in [0, 0.05) is 5.54 Å². The van der Waals surface area contributed by atoms with E-state index in [0.29, 0.717) is 0 Å². The van der Waals surface area contributed by atoms with Gasteiger partial charge in [-0.2, -0.15) is 0 Å². The van der Waals surface area contributed by atoms with Crippen LogP contribution in [0.1, 0.15) is 39.5 Å². The molecule has 1 atom stereocenters. The Hall–Kier alpha value is -0.340. The zero-order valence-electron chi connectivity index (χ0n) is 8.93. The molecule has 0 aromatic rings. The molecule has 76 valence electrons. The molecule has 0 saturated heterocycles. The summed E-state index contributed by atoms with van der Waals surface area (Å²) in [6.07, 6.45) is 6.56. The SMILES string of the molecule is CNC(C)(C)C(O)C1=CCCCC1. The minimum Gasteiger partial charge on any atom is -0.387 e. The lowest BCUT2D eigenvalue weighted by molar-refractivity contribution is 0.112. The topological polar surface area (TPSA) is 32.3 Å². The average molecular weight is 183 g/mol. The number of allylic oxidation sites excluding steroid dienone is 1. The summed E-state index contributed by atoms with van der Waals surface area (Å²) in [5.74, 6) is 0. The van der Waals surface area contributed by atoms with Crippen LogP contribution in [-0.4, -0.2) is 23.8 Å². The molecule has 0 fully saturated rings. The van der Waals surface area contributed by atoms with E-state index >= 15 is 0 Å². The van der Waals surface area contributed by atoms with Crippen molar-refractivity contribution in [3.63, 3.8) is 0 Å². The van der Waals surface area contributed by atoms with E-state index in [4.69, 9.17) is 0 Å². The first kappa shape index (κ1) is 10.7. The minimum absolute atomic E-state index is 0.205. The van der Waals surface area contributed by atoms with Crippen LogP contribution < -0.4 is 5.32 Å². The fraction of sp³-hybridized carbons (Fsp3) is 0.818. The molecule has 0 aromatic heterocycles. The molecule has 0 saturated carbocycles. The Morgan fingerprint density at radius 3 is 2.62 bits per heavy atom. The lowest BCUT2D eigenvalue weighted by Gasteiger charge is -2.33. The quantitative estimate of drug-likeness (QED) is 0.654. The van der Waals surface area contributed by atoms with Gasteiger partial charge in [0.1, 0.15) is 0 Å². The molecule has 0 amide bonds. The number of hydrogen-bond donors (Lipinski definition) is 2. The van der Waals surface area contributed by atoms with Gasteiger partial charge in [0.05, 0.1) is 6.10 Å². The second-order valence-corrected chi connectivity index (χ2v) is 4.40. The normalized spacial score (nSPS) is 21.1. The van der Waals surface area contributed by atoms with Gasteiger partial charge >= 0.3 is 0 Å². The molecule has 1 aliphatic carbocycles. The highest BCUT2D eigenvalue weighted by Crippen LogP contribution is 2.25. The highest BCUT2D eigenvalue weighted by molar-refractivity contribution is 5.16. The smallest absolute Gasteiger partial charge is 0.0926 e. The zero-order chi connectivity index (χ0) is 9.90. The summed E-state index contributed by atoms with van der Waals surface area (Å²) in [6, 6.07) is 0. The van der Waals surface area contributed by atoms with E-state index in [0.717, 1.165) is 12.8 Å². The molecule has 0 aliphatic heterocycles. The molecule has 0 aromatic carbocycles. The molecule has 1 rings (SSSR count). The van der Waals surface area contributed by atoms with Gasteiger partial charge in [-0.15, -0.1) is 0 Å². The van der Waals surface area contributed by atoms with Crippen molar-refractivity contribution >= 4 is 0 Å². The molecule has 1 aliphatic rings. The van der Waals surface area contributed by atoms with E-state index in [1.54, 1.807) is 0 Å². The third-order valence-electron chi connectivity index (χ3n) is 3.01. The van der Waals surface area contributed by atoms with Crippen LogP contribution in [0, 0.1) is 0 Å². The van der Waals surface area contributed by atoms with Gasteiger partial charge in [-0.05, 0) is 52.2 Å². The van der Waals surface area contributed by atoms with Crippen LogP contribution >= 0.6 is 0 Å². The van der Waals surface area contributed by atoms with Crippen LogP contribution in [0.5, 0.6) is 0 Å². The Morgan fingerprint density at radius 2 is 2.15 bits per heavy atom. The summed E-state index contributed by atoms with van der Waals surface area (Å²) in [5.41, 5.74) is 1.01. The molecular weight excluding hydrogens is 162 g/mol. The summed E-state index contributed by atoms with van der Waals surface area (Å²) >= 11 is 0. The Bertz CT molecular complexity index is 196. The van der Waals surface area contributed by atoms with Gasteiger partial charge in [0.25, 0.3) is 0 Å². The second kappa shape index (κ2) is 4.25. The van der Waals surface area contributed by atoms with Gasteiger partial charge in [-0.3, -0.25) is 0 Å². The molecule has 2 heteroatoms. The highest BCUT2D eigenvalue weighted by Gasteiger charge is 2.28. The van der Waals surface area contributed by atoms with Crippen molar-refractivity contribution in [3.8, 4) is 0 Å². The molecule has 0 radical (unpaired) electrons. The van der Waals surface area contributed by atoms with Crippen molar-refractivity contribution < 1.29 is 5.11 Å². The predicted molar refractivity (Wildman–Crippen MR) is 55.7 cm³/mol. The Kier molecular flexibility index (Phi) is 3.51. The number of aliphatic hydroxyl groups excluding tert-OH is 1. The van der Waals surface area contributed by atoms with Crippen molar-refractivity contribution in [3.05, 3.63) is 11.6 Å². The number of hydrogen-bond acceptors (Lipinski definition) is 2. The van der Waals surface area contributed by atoms with Gasteiger partial charge in [0.15, 0.2) is 0 Å². The van der Waals surface area contributed by atoms with E-state index < -0.39 is 0 Å². The number of likely N-dealkylation sites (N-methyl/N-ethyl adjacent to an activating group) is 1. The lowest BCUT2D eigenvalue weighted by Crippen LogP contribution is -2.48. The summed E-state index contributed by atoms with van der Waals surface area (Å²) < 4.78 is 0. The van der Waals surface area contributed by atoms with Crippen LogP contribution in [0.4, 0.5) is 0 Å². The van der Waals surface area contributed by atoms with Gasteiger partial charge in [-0.25, -0.2) is 0 Å². The number of nitrogens with one attached hydrogen (secondary N) is 1. The molecule has 2 nitrogen and oxygen atoms in total. The van der Waals surface area contributed by atoms with Gasteiger partial charge in [-0.1, -0.05) is 6.08 Å². The molecule has 13 heavy (non-hydrogen) atoms. The third-order valence-corrected chi connectivity index (χ3v) is 3.01. The van der Waals surface area contributed by atoms with E-state index in [1.807, 2.05) is 20.9 Å².